The summed E-state index contributed by atoms with van der Waals surface area (Å²) < 4.78 is 0. The van der Waals surface area contributed by atoms with Gasteiger partial charge < -0.3 is 7.43 Å². The number of pyridine rings is 1. The van der Waals surface area contributed by atoms with Gasteiger partial charge >= 0.3 is 51.4 Å². The van der Waals surface area contributed by atoms with Gasteiger partial charge in [0.05, 0.1) is 5.56 Å². The second kappa shape index (κ2) is 7.38. The Balaban J connectivity index is 0. The molecule has 1 heterocycles. The summed E-state index contributed by atoms with van der Waals surface area (Å²) in [5, 5.41) is 8.25. The smallest absolute Gasteiger partial charge is 0.358 e. The zero-order valence-electron chi connectivity index (χ0n) is 6.20. The summed E-state index contributed by atoms with van der Waals surface area (Å²) in [4.78, 5) is 3.73. The Morgan fingerprint density at radius 1 is 1.50 bits per heavy atom. The first-order chi connectivity index (χ1) is 3.93. The van der Waals surface area contributed by atoms with Crippen LogP contribution in [0.25, 0.3) is 0 Å². The molecule has 0 saturated heterocycles. The molecule has 0 amide bonds. The molecule has 46 valence electrons. The number of rotatable bonds is 0. The Morgan fingerprint density at radius 3 is 2.50 bits per heavy atom. The molecule has 0 unspecified atom stereocenters. The maximum absolute atomic E-state index is 8.25. The van der Waals surface area contributed by atoms with E-state index in [0.717, 1.165) is 0 Å². The summed E-state index contributed by atoms with van der Waals surface area (Å²) >= 11 is 0. The Bertz CT molecular complexity index is 203. The minimum Gasteiger partial charge on any atom is -0.358 e. The van der Waals surface area contributed by atoms with Crippen molar-refractivity contribution < 1.29 is 51.4 Å². The average Bonchev–Trinajstić information content (AvgIpc) is 1.90. The zero-order chi connectivity index (χ0) is 5.82. The fourth-order valence-corrected chi connectivity index (χ4v) is 0.429. The Kier molecular flexibility index (Phi) is 9.53. The minimum atomic E-state index is 0. The predicted molar refractivity (Wildman–Crippen MR) is 35.4 cm³/mol. The molecular weight excluding hydrogens is 151 g/mol. The van der Waals surface area contributed by atoms with Crippen molar-refractivity contribution in [2.75, 3.05) is 0 Å². The molecule has 0 radical (unpaired) electrons. The van der Waals surface area contributed by atoms with Crippen molar-refractivity contribution in [3.8, 4) is 6.07 Å². The van der Waals surface area contributed by atoms with Gasteiger partial charge in [0.15, 0.2) is 0 Å². The van der Waals surface area contributed by atoms with E-state index in [1.165, 1.54) is 6.20 Å². The third-order valence-electron chi connectivity index (χ3n) is 0.791. The molecular formula is C7H7KN2. The van der Waals surface area contributed by atoms with Crippen LogP contribution in [0.1, 0.15) is 5.56 Å². The molecule has 0 fully saturated rings. The molecule has 0 bridgehead atoms. The van der Waals surface area contributed by atoms with Crippen LogP contribution in [0.15, 0.2) is 24.5 Å². The molecule has 1 aromatic rings. The van der Waals surface area contributed by atoms with Crippen molar-refractivity contribution in [3.63, 3.8) is 0 Å². The summed E-state index contributed by atoms with van der Waals surface area (Å²) in [7, 11) is 0. The third-order valence-corrected chi connectivity index (χ3v) is 0.791. The SMILES string of the molecule is N#Cc1cccnc1.[CH3-].[K+]. The van der Waals surface area contributed by atoms with Gasteiger partial charge in [-0.2, -0.15) is 5.26 Å². The van der Waals surface area contributed by atoms with Crippen LogP contribution in [0.2, 0.25) is 0 Å². The molecule has 0 aliphatic heterocycles. The van der Waals surface area contributed by atoms with Crippen LogP contribution in [-0.4, -0.2) is 4.98 Å². The second-order valence-corrected chi connectivity index (χ2v) is 1.35. The summed E-state index contributed by atoms with van der Waals surface area (Å²) in [6.45, 7) is 0. The van der Waals surface area contributed by atoms with Crippen molar-refractivity contribution in [1.82, 2.24) is 4.98 Å². The first-order valence-electron chi connectivity index (χ1n) is 2.23. The zero-order valence-corrected chi connectivity index (χ0v) is 9.33. The van der Waals surface area contributed by atoms with Crippen molar-refractivity contribution in [2.24, 2.45) is 0 Å². The number of nitrogens with zero attached hydrogens (tertiary/aromatic N) is 2. The summed E-state index contributed by atoms with van der Waals surface area (Å²) in [5.74, 6) is 0. The van der Waals surface area contributed by atoms with Crippen LogP contribution in [0.5, 0.6) is 0 Å². The van der Waals surface area contributed by atoms with E-state index in [1.54, 1.807) is 18.3 Å². The van der Waals surface area contributed by atoms with E-state index in [2.05, 4.69) is 4.98 Å². The van der Waals surface area contributed by atoms with Crippen LogP contribution >= 0.6 is 0 Å². The molecule has 10 heavy (non-hydrogen) atoms. The number of aromatic nitrogens is 1. The van der Waals surface area contributed by atoms with Crippen LogP contribution in [0.3, 0.4) is 0 Å². The summed E-state index contributed by atoms with van der Waals surface area (Å²) in [5.41, 5.74) is 0.604. The van der Waals surface area contributed by atoms with Crippen molar-refractivity contribution >= 4 is 0 Å². The molecule has 0 saturated carbocycles. The minimum absolute atomic E-state index is 0. The average molecular weight is 158 g/mol. The third kappa shape index (κ3) is 4.15. The Hall–Kier alpha value is 0.276. The quantitative estimate of drug-likeness (QED) is 0.337. The predicted octanol–water partition coefficient (Wildman–Crippen LogP) is -1.59. The molecule has 0 spiro atoms. The number of hydrogen-bond acceptors (Lipinski definition) is 2. The second-order valence-electron chi connectivity index (χ2n) is 1.35. The maximum Gasteiger partial charge on any atom is 1.00 e. The first kappa shape index (κ1) is 12.9. The van der Waals surface area contributed by atoms with E-state index >= 15 is 0 Å². The normalized spacial score (nSPS) is 6.30. The molecule has 2 nitrogen and oxygen atoms in total. The van der Waals surface area contributed by atoms with Crippen LogP contribution in [0.4, 0.5) is 0 Å². The van der Waals surface area contributed by atoms with E-state index in [-0.39, 0.29) is 58.8 Å². The van der Waals surface area contributed by atoms with Gasteiger partial charge in [-0.05, 0) is 12.1 Å². The molecule has 0 N–H and O–H groups in total. The largest absolute Gasteiger partial charge is 1.00 e. The Morgan fingerprint density at radius 2 is 2.20 bits per heavy atom. The fourth-order valence-electron chi connectivity index (χ4n) is 0.429. The van der Waals surface area contributed by atoms with Crippen LogP contribution in [0, 0.1) is 18.8 Å². The van der Waals surface area contributed by atoms with Crippen LogP contribution in [-0.2, 0) is 0 Å². The Labute approximate surface area is 104 Å². The van der Waals surface area contributed by atoms with E-state index in [4.69, 9.17) is 5.26 Å². The molecule has 0 aliphatic rings. The van der Waals surface area contributed by atoms with Gasteiger partial charge in [0.25, 0.3) is 0 Å². The monoisotopic (exact) mass is 158 g/mol. The first-order valence-corrected chi connectivity index (χ1v) is 2.23. The topological polar surface area (TPSA) is 36.7 Å². The van der Waals surface area contributed by atoms with Crippen LogP contribution < -0.4 is 51.4 Å². The standard InChI is InChI=1S/C6H4N2.CH3.K/c7-4-6-2-1-3-8-5-6;;/h1-3,5H;1H3;/q;-1;+1. The molecule has 0 atom stereocenters. The molecule has 0 aromatic carbocycles. The van der Waals surface area contributed by atoms with Gasteiger partial charge in [-0.15, -0.1) is 0 Å². The van der Waals surface area contributed by atoms with Gasteiger partial charge in [0, 0.05) is 12.4 Å². The van der Waals surface area contributed by atoms with Crippen molar-refractivity contribution in [2.45, 2.75) is 0 Å². The molecule has 1 aromatic heterocycles. The van der Waals surface area contributed by atoms with E-state index in [9.17, 15) is 0 Å². The van der Waals surface area contributed by atoms with E-state index in [0.29, 0.717) is 5.56 Å². The van der Waals surface area contributed by atoms with Gasteiger partial charge in [-0.1, -0.05) is 0 Å². The van der Waals surface area contributed by atoms with E-state index < -0.39 is 0 Å². The fraction of sp³-hybridized carbons (Fsp3) is 0. The van der Waals surface area contributed by atoms with E-state index in [1.807, 2.05) is 6.07 Å². The van der Waals surface area contributed by atoms with Gasteiger partial charge in [0.2, 0.25) is 0 Å². The maximum atomic E-state index is 8.25. The summed E-state index contributed by atoms with van der Waals surface area (Å²) in [6, 6.07) is 5.41. The van der Waals surface area contributed by atoms with Gasteiger partial charge in [-0.25, -0.2) is 0 Å². The van der Waals surface area contributed by atoms with Gasteiger partial charge in [0.1, 0.15) is 6.07 Å². The van der Waals surface area contributed by atoms with Crippen molar-refractivity contribution in [1.29, 1.82) is 5.26 Å². The molecule has 3 heteroatoms. The molecule has 1 rings (SSSR count). The van der Waals surface area contributed by atoms with Gasteiger partial charge in [-0.3, -0.25) is 4.98 Å². The van der Waals surface area contributed by atoms with Crippen molar-refractivity contribution in [3.05, 3.63) is 37.5 Å². The summed E-state index contributed by atoms with van der Waals surface area (Å²) in [6.07, 6.45) is 3.17. The molecule has 0 aliphatic carbocycles. The number of nitriles is 1. The number of hydrogen-bond donors (Lipinski definition) is 0.